The Morgan fingerprint density at radius 3 is 2.60 bits per heavy atom. The monoisotopic (exact) mass is 266 g/mol. The Hall–Kier alpha value is -0.300. The normalized spacial score (nSPS) is 26.5. The number of hydrogen-bond acceptors (Lipinski definition) is 0. The van der Waals surface area contributed by atoms with Crippen molar-refractivity contribution >= 4 is 15.9 Å². The molecule has 0 aliphatic heterocycles. The highest BCUT2D eigenvalue weighted by molar-refractivity contribution is 9.10. The second kappa shape index (κ2) is 5.16. The van der Waals surface area contributed by atoms with Gasteiger partial charge >= 0.3 is 0 Å². The zero-order chi connectivity index (χ0) is 10.7. The molecule has 2 unspecified atom stereocenters. The lowest BCUT2D eigenvalue weighted by Crippen LogP contribution is -2.13. The molecule has 1 aliphatic carbocycles. The molecular formula is C14H19Br. The van der Waals surface area contributed by atoms with Crippen molar-refractivity contribution in [2.75, 3.05) is 0 Å². The molecule has 1 aromatic rings. The fourth-order valence-corrected chi connectivity index (χ4v) is 2.96. The van der Waals surface area contributed by atoms with E-state index in [9.17, 15) is 0 Å². The van der Waals surface area contributed by atoms with Gasteiger partial charge in [0.1, 0.15) is 0 Å². The van der Waals surface area contributed by atoms with Crippen LogP contribution in [-0.4, -0.2) is 0 Å². The first kappa shape index (κ1) is 11.2. The van der Waals surface area contributed by atoms with Gasteiger partial charge in [0, 0.05) is 4.47 Å². The van der Waals surface area contributed by atoms with E-state index in [1.807, 2.05) is 0 Å². The van der Waals surface area contributed by atoms with Gasteiger partial charge in [-0.2, -0.15) is 0 Å². The number of halogens is 1. The number of benzene rings is 1. The molecule has 1 aromatic carbocycles. The third-order valence-electron chi connectivity index (χ3n) is 3.70. The van der Waals surface area contributed by atoms with Crippen molar-refractivity contribution in [3.63, 3.8) is 0 Å². The van der Waals surface area contributed by atoms with Gasteiger partial charge in [-0.05, 0) is 42.4 Å². The molecule has 1 aliphatic rings. The molecule has 0 heterocycles. The molecule has 0 spiro atoms. The largest absolute Gasteiger partial charge is 0.0651 e. The van der Waals surface area contributed by atoms with E-state index in [4.69, 9.17) is 0 Å². The molecule has 1 saturated carbocycles. The van der Waals surface area contributed by atoms with Crippen molar-refractivity contribution < 1.29 is 0 Å². The molecule has 15 heavy (non-hydrogen) atoms. The van der Waals surface area contributed by atoms with Crippen LogP contribution in [0, 0.1) is 5.92 Å². The molecule has 0 aromatic heterocycles. The van der Waals surface area contributed by atoms with E-state index in [0.717, 1.165) is 11.8 Å². The second-order valence-corrected chi connectivity index (χ2v) is 5.61. The predicted octanol–water partition coefficient (Wildman–Crippen LogP) is 5.13. The average molecular weight is 267 g/mol. The molecule has 1 fully saturated rings. The van der Waals surface area contributed by atoms with Crippen LogP contribution in [0.4, 0.5) is 0 Å². The molecule has 1 heteroatoms. The van der Waals surface area contributed by atoms with Crippen LogP contribution in [0.15, 0.2) is 28.7 Å². The Morgan fingerprint density at radius 2 is 1.93 bits per heavy atom. The van der Waals surface area contributed by atoms with Crippen LogP contribution in [0.3, 0.4) is 0 Å². The highest BCUT2D eigenvalue weighted by Gasteiger charge is 2.21. The Balaban J connectivity index is 2.06. The first-order valence-corrected chi connectivity index (χ1v) is 6.84. The van der Waals surface area contributed by atoms with E-state index < -0.39 is 0 Å². The standard InChI is InChI=1S/C14H19Br/c1-2-11-4-3-5-13(10-11)12-6-8-14(15)9-7-12/h6-9,11,13H,2-5,10H2,1H3. The van der Waals surface area contributed by atoms with Gasteiger partial charge in [0.15, 0.2) is 0 Å². The zero-order valence-corrected chi connectivity index (χ0v) is 11.0. The molecule has 2 rings (SSSR count). The Labute approximate surface area is 101 Å². The van der Waals surface area contributed by atoms with Crippen molar-refractivity contribution in [3.05, 3.63) is 34.3 Å². The number of rotatable bonds is 2. The first-order valence-electron chi connectivity index (χ1n) is 6.05. The minimum atomic E-state index is 0.816. The van der Waals surface area contributed by atoms with Gasteiger partial charge in [-0.15, -0.1) is 0 Å². The lowest BCUT2D eigenvalue weighted by atomic mass is 9.77. The van der Waals surface area contributed by atoms with Gasteiger partial charge in [0.05, 0.1) is 0 Å². The summed E-state index contributed by atoms with van der Waals surface area (Å²) >= 11 is 3.49. The smallest absolute Gasteiger partial charge is 0.0175 e. The van der Waals surface area contributed by atoms with Crippen LogP contribution in [0.2, 0.25) is 0 Å². The molecule has 0 saturated heterocycles. The van der Waals surface area contributed by atoms with Crippen molar-refractivity contribution in [3.8, 4) is 0 Å². The maximum atomic E-state index is 3.49. The van der Waals surface area contributed by atoms with Gasteiger partial charge in [-0.3, -0.25) is 0 Å². The molecule has 0 N–H and O–H groups in total. The summed E-state index contributed by atoms with van der Waals surface area (Å²) in [5.41, 5.74) is 1.54. The Morgan fingerprint density at radius 1 is 1.20 bits per heavy atom. The summed E-state index contributed by atoms with van der Waals surface area (Å²) < 4.78 is 1.19. The summed E-state index contributed by atoms with van der Waals surface area (Å²) in [6, 6.07) is 8.91. The SMILES string of the molecule is CCC1CCCC(c2ccc(Br)cc2)C1. The molecule has 0 amide bonds. The lowest BCUT2D eigenvalue weighted by molar-refractivity contribution is 0.314. The van der Waals surface area contributed by atoms with Gasteiger partial charge in [0.2, 0.25) is 0 Å². The quantitative estimate of drug-likeness (QED) is 0.696. The fraction of sp³-hybridized carbons (Fsp3) is 0.571. The van der Waals surface area contributed by atoms with Crippen LogP contribution in [0.5, 0.6) is 0 Å². The van der Waals surface area contributed by atoms with Gasteiger partial charge < -0.3 is 0 Å². The number of hydrogen-bond donors (Lipinski definition) is 0. The highest BCUT2D eigenvalue weighted by atomic mass is 79.9. The maximum Gasteiger partial charge on any atom is 0.0175 e. The molecule has 2 atom stereocenters. The molecule has 82 valence electrons. The topological polar surface area (TPSA) is 0 Å². The molecule has 0 nitrogen and oxygen atoms in total. The lowest BCUT2D eigenvalue weighted by Gasteiger charge is -2.28. The van der Waals surface area contributed by atoms with E-state index in [1.165, 1.54) is 42.1 Å². The average Bonchev–Trinajstić information content (AvgIpc) is 2.30. The van der Waals surface area contributed by atoms with Crippen molar-refractivity contribution in [1.82, 2.24) is 0 Å². The Bertz CT molecular complexity index is 302. The maximum absolute atomic E-state index is 3.49. The zero-order valence-electron chi connectivity index (χ0n) is 9.38. The summed E-state index contributed by atoms with van der Waals surface area (Å²) in [5, 5.41) is 0. The molecule has 0 radical (unpaired) electrons. The first-order chi connectivity index (χ1) is 7.29. The summed E-state index contributed by atoms with van der Waals surface area (Å²) in [5.74, 6) is 1.78. The predicted molar refractivity (Wildman–Crippen MR) is 69.1 cm³/mol. The third-order valence-corrected chi connectivity index (χ3v) is 4.23. The third kappa shape index (κ3) is 2.84. The Kier molecular flexibility index (Phi) is 3.85. The highest BCUT2D eigenvalue weighted by Crippen LogP contribution is 2.37. The summed E-state index contributed by atoms with van der Waals surface area (Å²) in [4.78, 5) is 0. The van der Waals surface area contributed by atoms with Crippen LogP contribution in [-0.2, 0) is 0 Å². The van der Waals surface area contributed by atoms with E-state index in [1.54, 1.807) is 0 Å². The van der Waals surface area contributed by atoms with Crippen molar-refractivity contribution in [2.24, 2.45) is 5.92 Å². The van der Waals surface area contributed by atoms with E-state index in [-0.39, 0.29) is 0 Å². The van der Waals surface area contributed by atoms with E-state index >= 15 is 0 Å². The van der Waals surface area contributed by atoms with E-state index in [0.29, 0.717) is 0 Å². The summed E-state index contributed by atoms with van der Waals surface area (Å²) in [6.07, 6.45) is 7.01. The minimum absolute atomic E-state index is 0.816. The van der Waals surface area contributed by atoms with Gasteiger partial charge in [-0.25, -0.2) is 0 Å². The van der Waals surface area contributed by atoms with Crippen LogP contribution in [0.1, 0.15) is 50.5 Å². The van der Waals surface area contributed by atoms with Crippen LogP contribution < -0.4 is 0 Å². The molecular weight excluding hydrogens is 248 g/mol. The fourth-order valence-electron chi connectivity index (χ4n) is 2.70. The second-order valence-electron chi connectivity index (χ2n) is 4.69. The van der Waals surface area contributed by atoms with Crippen molar-refractivity contribution in [1.29, 1.82) is 0 Å². The van der Waals surface area contributed by atoms with Crippen LogP contribution in [0.25, 0.3) is 0 Å². The van der Waals surface area contributed by atoms with Gasteiger partial charge in [0.25, 0.3) is 0 Å². The van der Waals surface area contributed by atoms with E-state index in [2.05, 4.69) is 47.1 Å². The molecule has 0 bridgehead atoms. The summed E-state index contributed by atoms with van der Waals surface area (Å²) in [6.45, 7) is 2.33. The van der Waals surface area contributed by atoms with Crippen molar-refractivity contribution in [2.45, 2.75) is 44.9 Å². The van der Waals surface area contributed by atoms with Crippen LogP contribution >= 0.6 is 15.9 Å². The minimum Gasteiger partial charge on any atom is -0.0651 e. The summed E-state index contributed by atoms with van der Waals surface area (Å²) in [7, 11) is 0. The van der Waals surface area contributed by atoms with Gasteiger partial charge in [-0.1, -0.05) is 54.2 Å².